The number of nitrogens with zero attached hydrogens (tertiary/aromatic N) is 2. The molecular weight excluding hydrogens is 272 g/mol. The van der Waals surface area contributed by atoms with Crippen LogP contribution in [0.4, 0.5) is 0 Å². The van der Waals surface area contributed by atoms with E-state index in [1.807, 2.05) is 38.1 Å². The normalized spacial score (nSPS) is 12.3. The third-order valence-corrected chi connectivity index (χ3v) is 2.89. The summed E-state index contributed by atoms with van der Waals surface area (Å²) < 4.78 is 5.57. The molecule has 0 heterocycles. The molecule has 20 heavy (non-hydrogen) atoms. The average molecular weight is 291 g/mol. The van der Waals surface area contributed by atoms with Gasteiger partial charge >= 0.3 is 0 Å². The van der Waals surface area contributed by atoms with E-state index in [2.05, 4.69) is 16.6 Å². The maximum Gasteiger partial charge on any atom is 0.131 e. The van der Waals surface area contributed by atoms with E-state index in [1.165, 1.54) is 6.34 Å². The van der Waals surface area contributed by atoms with Gasteiger partial charge in [-0.25, -0.2) is 4.99 Å². The zero-order valence-electron chi connectivity index (χ0n) is 12.3. The average Bonchev–Trinajstić information content (AvgIpc) is 2.38. The summed E-state index contributed by atoms with van der Waals surface area (Å²) in [5.41, 5.74) is 2.70. The zero-order chi connectivity index (χ0) is 15.1. The third-order valence-electron chi connectivity index (χ3n) is 2.50. The Labute approximate surface area is 125 Å². The lowest BCUT2D eigenvalue weighted by atomic mass is 10.1. The molecule has 0 amide bonds. The third kappa shape index (κ3) is 5.02. The second-order valence-corrected chi connectivity index (χ2v) is 4.81. The quantitative estimate of drug-likeness (QED) is 0.440. The van der Waals surface area contributed by atoms with Crippen molar-refractivity contribution in [3.63, 3.8) is 0 Å². The highest BCUT2D eigenvalue weighted by Gasteiger charge is 2.06. The van der Waals surface area contributed by atoms with Gasteiger partial charge in [-0.3, -0.25) is 4.99 Å². The van der Waals surface area contributed by atoms with Crippen LogP contribution in [0.2, 0.25) is 5.02 Å². The van der Waals surface area contributed by atoms with E-state index in [4.69, 9.17) is 16.3 Å². The highest BCUT2D eigenvalue weighted by molar-refractivity contribution is 6.31. The van der Waals surface area contributed by atoms with Crippen molar-refractivity contribution in [1.82, 2.24) is 0 Å². The van der Waals surface area contributed by atoms with Crippen LogP contribution in [-0.4, -0.2) is 19.1 Å². The second kappa shape index (κ2) is 7.65. The number of halogens is 1. The molecule has 0 spiro atoms. The van der Waals surface area contributed by atoms with Crippen molar-refractivity contribution in [3.05, 3.63) is 46.7 Å². The van der Waals surface area contributed by atoms with Crippen molar-refractivity contribution in [2.24, 2.45) is 9.98 Å². The van der Waals surface area contributed by atoms with Gasteiger partial charge < -0.3 is 4.74 Å². The van der Waals surface area contributed by atoms with Gasteiger partial charge in [-0.2, -0.15) is 0 Å². The van der Waals surface area contributed by atoms with Crippen LogP contribution >= 0.6 is 11.6 Å². The lowest BCUT2D eigenvalue weighted by Gasteiger charge is -2.10. The summed E-state index contributed by atoms with van der Waals surface area (Å²) in [6.45, 7) is 9.36. The number of rotatable bonds is 5. The second-order valence-electron chi connectivity index (χ2n) is 4.41. The Balaban J connectivity index is 3.05. The summed E-state index contributed by atoms with van der Waals surface area (Å²) >= 11 is 6.21. The minimum Gasteiger partial charge on any atom is -0.462 e. The number of benzene rings is 1. The Morgan fingerprint density at radius 2 is 2.05 bits per heavy atom. The van der Waals surface area contributed by atoms with E-state index in [1.54, 1.807) is 14.0 Å². The topological polar surface area (TPSA) is 34.0 Å². The Bertz CT molecular complexity index is 586. The van der Waals surface area contributed by atoms with Gasteiger partial charge in [0.1, 0.15) is 12.1 Å². The molecule has 0 aliphatic heterocycles. The summed E-state index contributed by atoms with van der Waals surface area (Å²) in [6, 6.07) is 3.81. The molecule has 0 unspecified atom stereocenters. The molecule has 0 fully saturated rings. The molecule has 0 atom stereocenters. The van der Waals surface area contributed by atoms with Gasteiger partial charge in [0.05, 0.1) is 5.76 Å². The number of aliphatic imine (C=N–C) groups is 2. The first-order chi connectivity index (χ1) is 9.43. The van der Waals surface area contributed by atoms with Crippen LogP contribution in [-0.2, 0) is 0 Å². The Kier molecular flexibility index (Phi) is 6.19. The molecule has 1 aromatic carbocycles. The Morgan fingerprint density at radius 3 is 2.65 bits per heavy atom. The lowest BCUT2D eigenvalue weighted by Crippen LogP contribution is -1.93. The van der Waals surface area contributed by atoms with Crippen LogP contribution in [0.5, 0.6) is 5.75 Å². The molecule has 0 aliphatic carbocycles. The summed E-state index contributed by atoms with van der Waals surface area (Å²) in [5.74, 6) is 1.34. The summed E-state index contributed by atoms with van der Waals surface area (Å²) in [7, 11) is 1.68. The largest absolute Gasteiger partial charge is 0.462 e. The first-order valence-electron chi connectivity index (χ1n) is 6.20. The van der Waals surface area contributed by atoms with Gasteiger partial charge in [0.25, 0.3) is 0 Å². The number of allylic oxidation sites excluding steroid dienone is 2. The van der Waals surface area contributed by atoms with Gasteiger partial charge in [0, 0.05) is 23.3 Å². The molecule has 0 aliphatic rings. The molecule has 0 N–H and O–H groups in total. The smallest absolute Gasteiger partial charge is 0.131 e. The van der Waals surface area contributed by atoms with Gasteiger partial charge in [-0.05, 0) is 44.5 Å². The lowest BCUT2D eigenvalue weighted by molar-refractivity contribution is 0.427. The van der Waals surface area contributed by atoms with E-state index >= 15 is 0 Å². The number of hydrogen-bond acceptors (Lipinski definition) is 2. The van der Waals surface area contributed by atoms with E-state index in [0.717, 1.165) is 22.6 Å². The Hall–Kier alpha value is -1.87. The molecule has 0 bridgehead atoms. The highest BCUT2D eigenvalue weighted by Crippen LogP contribution is 2.29. The number of hydrogen-bond donors (Lipinski definition) is 0. The van der Waals surface area contributed by atoms with Gasteiger partial charge in [0.2, 0.25) is 0 Å². The van der Waals surface area contributed by atoms with Crippen LogP contribution in [0.15, 0.2) is 40.5 Å². The molecule has 4 heteroatoms. The minimum absolute atomic E-state index is 0.627. The molecule has 0 aromatic heterocycles. The fraction of sp³-hybridized carbons (Fsp3) is 0.250. The summed E-state index contributed by atoms with van der Waals surface area (Å²) in [4.78, 5) is 7.93. The van der Waals surface area contributed by atoms with E-state index < -0.39 is 0 Å². The van der Waals surface area contributed by atoms with Crippen LogP contribution in [0.25, 0.3) is 6.08 Å². The van der Waals surface area contributed by atoms with Gasteiger partial charge in [0.15, 0.2) is 0 Å². The predicted molar refractivity (Wildman–Crippen MR) is 88.2 cm³/mol. The maximum absolute atomic E-state index is 6.21. The first-order valence-corrected chi connectivity index (χ1v) is 6.58. The first kappa shape index (κ1) is 16.2. The fourth-order valence-electron chi connectivity index (χ4n) is 1.47. The molecule has 1 aromatic rings. The number of ether oxygens (including phenoxy) is 1. The highest BCUT2D eigenvalue weighted by atomic mass is 35.5. The molecule has 106 valence electrons. The van der Waals surface area contributed by atoms with Crippen LogP contribution in [0.1, 0.15) is 25.0 Å². The predicted octanol–water partition coefficient (Wildman–Crippen LogP) is 4.69. The van der Waals surface area contributed by atoms with Crippen molar-refractivity contribution in [2.75, 3.05) is 7.05 Å². The summed E-state index contributed by atoms with van der Waals surface area (Å²) in [5, 5.41) is 0.660. The minimum atomic E-state index is 0.627. The molecule has 1 rings (SSSR count). The molecule has 0 saturated heterocycles. The molecular formula is C16H19ClN2O. The van der Waals surface area contributed by atoms with Crippen LogP contribution < -0.4 is 4.74 Å². The van der Waals surface area contributed by atoms with Crippen molar-refractivity contribution >= 4 is 29.7 Å². The van der Waals surface area contributed by atoms with Crippen LogP contribution in [0.3, 0.4) is 0 Å². The van der Waals surface area contributed by atoms with E-state index in [9.17, 15) is 0 Å². The molecule has 0 radical (unpaired) electrons. The maximum atomic E-state index is 6.21. The molecule has 0 saturated carbocycles. The monoisotopic (exact) mass is 290 g/mol. The van der Waals surface area contributed by atoms with Crippen molar-refractivity contribution in [1.29, 1.82) is 0 Å². The van der Waals surface area contributed by atoms with Crippen molar-refractivity contribution in [2.45, 2.75) is 20.8 Å². The Morgan fingerprint density at radius 1 is 1.35 bits per heavy atom. The zero-order valence-corrected chi connectivity index (χ0v) is 13.0. The van der Waals surface area contributed by atoms with Crippen molar-refractivity contribution in [3.8, 4) is 5.75 Å². The van der Waals surface area contributed by atoms with Crippen LogP contribution in [0, 0.1) is 6.92 Å². The van der Waals surface area contributed by atoms with E-state index in [-0.39, 0.29) is 0 Å². The SMILES string of the molecule is C=C(C)Oc1cc(/C=C/C(C)=NC=NC)cc(Cl)c1C. The summed E-state index contributed by atoms with van der Waals surface area (Å²) in [6.07, 6.45) is 5.34. The van der Waals surface area contributed by atoms with E-state index in [0.29, 0.717) is 10.8 Å². The van der Waals surface area contributed by atoms with Crippen molar-refractivity contribution < 1.29 is 4.74 Å². The fourth-order valence-corrected chi connectivity index (χ4v) is 1.69. The standard InChI is InChI=1S/C16H19ClN2O/c1-11(2)20-16-9-14(8-15(17)13(16)4)7-6-12(3)19-10-18-5/h6-10H,1H2,2-5H3/b7-6+,18-10?,19-12?. The van der Waals surface area contributed by atoms with Gasteiger partial charge in [-0.15, -0.1) is 0 Å². The molecule has 3 nitrogen and oxygen atoms in total. The van der Waals surface area contributed by atoms with Gasteiger partial charge in [-0.1, -0.05) is 24.3 Å².